The van der Waals surface area contributed by atoms with E-state index in [9.17, 15) is 14.9 Å². The van der Waals surface area contributed by atoms with Gasteiger partial charge in [0.2, 0.25) is 0 Å². The number of carbonyl (C=O) groups is 1. The molecule has 6 nitrogen and oxygen atoms in total. The number of rotatable bonds is 3. The maximum absolute atomic E-state index is 10.9. The van der Waals surface area contributed by atoms with Crippen LogP contribution in [0.1, 0.15) is 16.8 Å². The summed E-state index contributed by atoms with van der Waals surface area (Å²) in [6.45, 7) is 3.41. The van der Waals surface area contributed by atoms with Crippen LogP contribution in [0, 0.1) is 24.0 Å². The van der Waals surface area contributed by atoms with E-state index in [4.69, 9.17) is 5.11 Å². The Bertz CT molecular complexity index is 658. The molecule has 0 amide bonds. The zero-order valence-electron chi connectivity index (χ0n) is 9.98. The number of nitro benzene ring substituents is 1. The predicted octanol–water partition coefficient (Wildman–Crippen LogP) is 2.32. The highest BCUT2D eigenvalue weighted by Crippen LogP contribution is 2.31. The predicted molar refractivity (Wildman–Crippen MR) is 65.8 cm³/mol. The van der Waals surface area contributed by atoms with Crippen molar-refractivity contribution in [3.63, 3.8) is 0 Å². The second-order valence-corrected chi connectivity index (χ2v) is 4.19. The number of H-pyrrole nitrogens is 1. The number of benzene rings is 1. The molecule has 2 rings (SSSR count). The summed E-state index contributed by atoms with van der Waals surface area (Å²) < 4.78 is 0. The van der Waals surface area contributed by atoms with E-state index in [0.29, 0.717) is 16.5 Å². The lowest BCUT2D eigenvalue weighted by molar-refractivity contribution is -0.385. The lowest BCUT2D eigenvalue weighted by Gasteiger charge is -2.02. The fourth-order valence-electron chi connectivity index (χ4n) is 2.23. The molecule has 0 aliphatic rings. The van der Waals surface area contributed by atoms with Gasteiger partial charge in [-0.1, -0.05) is 0 Å². The van der Waals surface area contributed by atoms with Gasteiger partial charge in [-0.25, -0.2) is 0 Å². The van der Waals surface area contributed by atoms with Crippen LogP contribution in [-0.2, 0) is 11.2 Å². The molecule has 0 unspecified atom stereocenters. The average molecular weight is 248 g/mol. The molecule has 1 aromatic heterocycles. The van der Waals surface area contributed by atoms with Crippen LogP contribution >= 0.6 is 0 Å². The Hall–Kier alpha value is -2.37. The second kappa shape index (κ2) is 4.14. The first-order chi connectivity index (χ1) is 8.41. The molecule has 6 heteroatoms. The van der Waals surface area contributed by atoms with Gasteiger partial charge in [0, 0.05) is 28.2 Å². The normalized spacial score (nSPS) is 10.8. The summed E-state index contributed by atoms with van der Waals surface area (Å²) in [7, 11) is 0. The largest absolute Gasteiger partial charge is 0.481 e. The highest BCUT2D eigenvalue weighted by Gasteiger charge is 2.19. The van der Waals surface area contributed by atoms with Crippen LogP contribution in [0.15, 0.2) is 12.1 Å². The molecule has 18 heavy (non-hydrogen) atoms. The Balaban J connectivity index is 2.77. The van der Waals surface area contributed by atoms with Crippen molar-refractivity contribution in [1.82, 2.24) is 4.98 Å². The van der Waals surface area contributed by atoms with Crippen molar-refractivity contribution in [3.8, 4) is 0 Å². The van der Waals surface area contributed by atoms with Gasteiger partial charge in [-0.3, -0.25) is 14.9 Å². The third kappa shape index (κ3) is 1.81. The molecule has 2 N–H and O–H groups in total. The Morgan fingerprint density at radius 2 is 2.11 bits per heavy atom. The van der Waals surface area contributed by atoms with Crippen LogP contribution in [0.5, 0.6) is 0 Å². The van der Waals surface area contributed by atoms with E-state index in [2.05, 4.69) is 4.98 Å². The number of aromatic amines is 1. The van der Waals surface area contributed by atoms with Crippen LogP contribution in [0.2, 0.25) is 0 Å². The lowest BCUT2D eigenvalue weighted by Crippen LogP contribution is -2.01. The van der Waals surface area contributed by atoms with Crippen molar-refractivity contribution in [2.75, 3.05) is 0 Å². The van der Waals surface area contributed by atoms with E-state index < -0.39 is 10.9 Å². The second-order valence-electron chi connectivity index (χ2n) is 4.19. The van der Waals surface area contributed by atoms with Gasteiger partial charge in [-0.15, -0.1) is 0 Å². The van der Waals surface area contributed by atoms with Gasteiger partial charge in [-0.2, -0.15) is 0 Å². The van der Waals surface area contributed by atoms with Crippen molar-refractivity contribution in [3.05, 3.63) is 39.1 Å². The number of carboxylic acids is 1. The molecule has 1 heterocycles. The summed E-state index contributed by atoms with van der Waals surface area (Å²) in [5.74, 6) is -0.954. The topological polar surface area (TPSA) is 96.2 Å². The number of nitrogens with zero attached hydrogens (tertiary/aromatic N) is 1. The molecule has 0 saturated heterocycles. The minimum absolute atomic E-state index is 0.00754. The smallest absolute Gasteiger partial charge is 0.307 e. The minimum Gasteiger partial charge on any atom is -0.481 e. The summed E-state index contributed by atoms with van der Waals surface area (Å²) in [6, 6.07) is 3.04. The molecule has 0 saturated carbocycles. The quantitative estimate of drug-likeness (QED) is 0.643. The number of carboxylic acid groups (broad SMARTS) is 1. The summed E-state index contributed by atoms with van der Waals surface area (Å²) in [4.78, 5) is 24.3. The Kier molecular flexibility index (Phi) is 2.78. The first kappa shape index (κ1) is 12.1. The molecular formula is C12H12N2O4. The van der Waals surface area contributed by atoms with Gasteiger partial charge in [0.05, 0.1) is 11.3 Å². The van der Waals surface area contributed by atoms with Crippen LogP contribution in [-0.4, -0.2) is 21.0 Å². The minimum atomic E-state index is -0.954. The summed E-state index contributed by atoms with van der Waals surface area (Å²) in [5, 5.41) is 20.4. The Morgan fingerprint density at radius 1 is 1.44 bits per heavy atom. The molecule has 94 valence electrons. The van der Waals surface area contributed by atoms with Crippen molar-refractivity contribution in [2.24, 2.45) is 0 Å². The highest BCUT2D eigenvalue weighted by molar-refractivity contribution is 5.93. The summed E-state index contributed by atoms with van der Waals surface area (Å²) >= 11 is 0. The van der Waals surface area contributed by atoms with Crippen LogP contribution in [0.3, 0.4) is 0 Å². The standard InChI is InChI=1S/C12H12N2O4/c1-6-10(14(17)18)4-3-9-12(6)8(5-11(15)16)7(2)13-9/h3-4,13H,5H2,1-2H3,(H,15,16). The van der Waals surface area contributed by atoms with Crippen LogP contribution in [0.25, 0.3) is 10.9 Å². The average Bonchev–Trinajstić information content (AvgIpc) is 2.55. The lowest BCUT2D eigenvalue weighted by atomic mass is 10.0. The van der Waals surface area contributed by atoms with E-state index in [0.717, 1.165) is 11.2 Å². The van der Waals surface area contributed by atoms with Crippen molar-refractivity contribution < 1.29 is 14.8 Å². The third-order valence-electron chi connectivity index (χ3n) is 3.04. The molecule has 0 radical (unpaired) electrons. The van der Waals surface area contributed by atoms with E-state index in [-0.39, 0.29) is 12.1 Å². The molecule has 0 atom stereocenters. The number of aromatic nitrogens is 1. The number of aliphatic carboxylic acids is 1. The number of fused-ring (bicyclic) bond motifs is 1. The van der Waals surface area contributed by atoms with Gasteiger partial charge in [0.25, 0.3) is 5.69 Å². The number of nitrogens with one attached hydrogen (secondary N) is 1. The van der Waals surface area contributed by atoms with Crippen LogP contribution in [0.4, 0.5) is 5.69 Å². The summed E-state index contributed by atoms with van der Waals surface area (Å²) in [5.41, 5.74) is 2.58. The molecule has 0 aliphatic carbocycles. The molecule has 2 aromatic rings. The van der Waals surface area contributed by atoms with Crippen LogP contribution < -0.4 is 0 Å². The number of aryl methyl sites for hydroxylation is 2. The maximum atomic E-state index is 10.9. The van der Waals surface area contributed by atoms with Gasteiger partial charge >= 0.3 is 5.97 Å². The molecule has 0 spiro atoms. The molecule has 0 aliphatic heterocycles. The van der Waals surface area contributed by atoms with Crippen molar-refractivity contribution in [2.45, 2.75) is 20.3 Å². The van der Waals surface area contributed by atoms with Gasteiger partial charge in [0.15, 0.2) is 0 Å². The monoisotopic (exact) mass is 248 g/mol. The Labute approximate surface area is 102 Å². The molecule has 0 fully saturated rings. The fraction of sp³-hybridized carbons (Fsp3) is 0.250. The Morgan fingerprint density at radius 3 is 2.67 bits per heavy atom. The van der Waals surface area contributed by atoms with Crippen molar-refractivity contribution in [1.29, 1.82) is 0 Å². The van der Waals surface area contributed by atoms with E-state index in [1.165, 1.54) is 6.07 Å². The zero-order chi connectivity index (χ0) is 13.4. The molecule has 0 bridgehead atoms. The first-order valence-electron chi connectivity index (χ1n) is 5.38. The maximum Gasteiger partial charge on any atom is 0.307 e. The zero-order valence-corrected chi connectivity index (χ0v) is 9.98. The van der Waals surface area contributed by atoms with Crippen molar-refractivity contribution >= 4 is 22.6 Å². The fourth-order valence-corrected chi connectivity index (χ4v) is 2.23. The number of hydrogen-bond acceptors (Lipinski definition) is 3. The van der Waals surface area contributed by atoms with Gasteiger partial charge in [-0.05, 0) is 25.5 Å². The van der Waals surface area contributed by atoms with Gasteiger partial charge in [0.1, 0.15) is 0 Å². The first-order valence-corrected chi connectivity index (χ1v) is 5.38. The SMILES string of the molecule is Cc1[nH]c2ccc([N+](=O)[O-])c(C)c2c1CC(=O)O. The number of hydrogen-bond donors (Lipinski definition) is 2. The molecular weight excluding hydrogens is 236 g/mol. The third-order valence-corrected chi connectivity index (χ3v) is 3.04. The van der Waals surface area contributed by atoms with Gasteiger partial charge < -0.3 is 10.1 Å². The van der Waals surface area contributed by atoms with E-state index in [1.807, 2.05) is 0 Å². The highest BCUT2D eigenvalue weighted by atomic mass is 16.6. The van der Waals surface area contributed by atoms with E-state index in [1.54, 1.807) is 19.9 Å². The number of nitro groups is 1. The summed E-state index contributed by atoms with van der Waals surface area (Å²) in [6.07, 6.45) is -0.145. The van der Waals surface area contributed by atoms with E-state index >= 15 is 0 Å². The molecule has 1 aromatic carbocycles.